The van der Waals surface area contributed by atoms with Gasteiger partial charge in [0.05, 0.1) is 0 Å². The standard InChI is InChI=1S/C15H26BNO3/c1-14(4-5-14)20-13(19)17-7-2-11(3-8-17)12-10-15(12,16)6-9-18/h11-12,18H,2-10,16H2,1H3. The summed E-state index contributed by atoms with van der Waals surface area (Å²) < 4.78 is 5.53. The van der Waals surface area contributed by atoms with E-state index in [4.69, 9.17) is 9.84 Å². The highest BCUT2D eigenvalue weighted by molar-refractivity contribution is 6.17. The van der Waals surface area contributed by atoms with Crippen LogP contribution in [0.3, 0.4) is 0 Å². The number of aliphatic hydroxyl groups excluding tert-OH is 1. The van der Waals surface area contributed by atoms with Gasteiger partial charge in [0.2, 0.25) is 0 Å². The number of hydrogen-bond donors (Lipinski definition) is 1. The summed E-state index contributed by atoms with van der Waals surface area (Å²) >= 11 is 0. The first-order valence-corrected chi connectivity index (χ1v) is 8.05. The molecule has 3 aliphatic rings. The van der Waals surface area contributed by atoms with Gasteiger partial charge in [-0.2, -0.15) is 0 Å². The molecule has 4 nitrogen and oxygen atoms in total. The number of aliphatic hydroxyl groups is 1. The summed E-state index contributed by atoms with van der Waals surface area (Å²) in [6, 6.07) is 0. The van der Waals surface area contributed by atoms with Crippen LogP contribution in [0, 0.1) is 11.8 Å². The third kappa shape index (κ3) is 2.83. The number of carbonyl (C=O) groups is 1. The van der Waals surface area contributed by atoms with E-state index in [1.54, 1.807) is 0 Å². The predicted molar refractivity (Wildman–Crippen MR) is 79.5 cm³/mol. The van der Waals surface area contributed by atoms with Crippen molar-refractivity contribution in [3.63, 3.8) is 0 Å². The zero-order valence-electron chi connectivity index (χ0n) is 12.7. The van der Waals surface area contributed by atoms with Crippen molar-refractivity contribution in [3.8, 4) is 0 Å². The zero-order chi connectivity index (χ0) is 14.4. The minimum absolute atomic E-state index is 0.114. The minimum atomic E-state index is -0.163. The molecule has 2 saturated carbocycles. The van der Waals surface area contributed by atoms with Crippen LogP contribution >= 0.6 is 0 Å². The monoisotopic (exact) mass is 279 g/mol. The highest BCUT2D eigenvalue weighted by atomic mass is 16.6. The lowest BCUT2D eigenvalue weighted by atomic mass is 9.74. The molecule has 1 N–H and O–H groups in total. The number of nitrogens with zero attached hydrogens (tertiary/aromatic N) is 1. The molecule has 0 aromatic rings. The summed E-state index contributed by atoms with van der Waals surface area (Å²) in [5, 5.41) is 9.48. The largest absolute Gasteiger partial charge is 0.443 e. The molecule has 0 aromatic carbocycles. The Hall–Kier alpha value is -0.705. The number of carbonyl (C=O) groups excluding carboxylic acids is 1. The molecule has 1 aliphatic heterocycles. The molecule has 2 aliphatic carbocycles. The molecule has 0 radical (unpaired) electrons. The maximum absolute atomic E-state index is 12.0. The van der Waals surface area contributed by atoms with Gasteiger partial charge >= 0.3 is 6.09 Å². The third-order valence-electron chi connectivity index (χ3n) is 5.76. The Morgan fingerprint density at radius 3 is 2.60 bits per heavy atom. The van der Waals surface area contributed by atoms with Gasteiger partial charge in [0, 0.05) is 19.7 Å². The van der Waals surface area contributed by atoms with E-state index in [1.807, 2.05) is 11.8 Å². The first kappa shape index (κ1) is 14.2. The third-order valence-corrected chi connectivity index (χ3v) is 5.76. The van der Waals surface area contributed by atoms with Crippen LogP contribution in [0.2, 0.25) is 5.31 Å². The Bertz CT molecular complexity index is 391. The van der Waals surface area contributed by atoms with E-state index < -0.39 is 0 Å². The predicted octanol–water partition coefficient (Wildman–Crippen LogP) is 1.58. The van der Waals surface area contributed by atoms with Crippen molar-refractivity contribution in [3.05, 3.63) is 0 Å². The lowest BCUT2D eigenvalue weighted by molar-refractivity contribution is 0.0474. The SMILES string of the molecule is BC1(CCO)CC1C1CCN(C(=O)OC2(C)CC2)CC1. The zero-order valence-corrected chi connectivity index (χ0v) is 12.7. The number of likely N-dealkylation sites (tertiary alicyclic amines) is 1. The Kier molecular flexibility index (Phi) is 3.52. The molecule has 2 unspecified atom stereocenters. The molecule has 1 heterocycles. The Morgan fingerprint density at radius 1 is 1.40 bits per heavy atom. The molecule has 2 atom stereocenters. The van der Waals surface area contributed by atoms with E-state index in [-0.39, 0.29) is 11.7 Å². The molecule has 3 rings (SSSR count). The normalized spacial score (nSPS) is 35.7. The second-order valence-electron chi connectivity index (χ2n) is 7.58. The molecular formula is C15H26BNO3. The van der Waals surface area contributed by atoms with Gasteiger partial charge in [-0.25, -0.2) is 4.79 Å². The van der Waals surface area contributed by atoms with Gasteiger partial charge < -0.3 is 14.7 Å². The summed E-state index contributed by atoms with van der Waals surface area (Å²) in [4.78, 5) is 13.9. The van der Waals surface area contributed by atoms with E-state index in [2.05, 4.69) is 7.85 Å². The van der Waals surface area contributed by atoms with Crippen LogP contribution in [0.15, 0.2) is 0 Å². The van der Waals surface area contributed by atoms with E-state index in [9.17, 15) is 4.79 Å². The van der Waals surface area contributed by atoms with Crippen LogP contribution in [0.25, 0.3) is 0 Å². The van der Waals surface area contributed by atoms with Crippen molar-refractivity contribution < 1.29 is 14.6 Å². The topological polar surface area (TPSA) is 49.8 Å². The molecule has 3 fully saturated rings. The van der Waals surface area contributed by atoms with Crippen molar-refractivity contribution >= 4 is 13.9 Å². The van der Waals surface area contributed by atoms with Crippen LogP contribution < -0.4 is 0 Å². The number of ether oxygens (including phenoxy) is 1. The van der Waals surface area contributed by atoms with Crippen LogP contribution in [-0.2, 0) is 4.74 Å². The van der Waals surface area contributed by atoms with Gasteiger partial charge in [-0.3, -0.25) is 0 Å². The lowest BCUT2D eigenvalue weighted by Crippen LogP contribution is -2.41. The fourth-order valence-corrected chi connectivity index (χ4v) is 3.76. The van der Waals surface area contributed by atoms with E-state index in [0.717, 1.165) is 57.0 Å². The summed E-state index contributed by atoms with van der Waals surface area (Å²) in [5.41, 5.74) is -0.163. The van der Waals surface area contributed by atoms with Crippen molar-refractivity contribution in [2.24, 2.45) is 11.8 Å². The molecule has 20 heavy (non-hydrogen) atoms. The van der Waals surface area contributed by atoms with Gasteiger partial charge in [-0.15, -0.1) is 0 Å². The molecule has 0 spiro atoms. The van der Waals surface area contributed by atoms with Crippen LogP contribution in [0.1, 0.15) is 45.4 Å². The van der Waals surface area contributed by atoms with E-state index in [0.29, 0.717) is 11.9 Å². The van der Waals surface area contributed by atoms with Crippen LogP contribution in [0.4, 0.5) is 4.79 Å². The average molecular weight is 279 g/mol. The quantitative estimate of drug-likeness (QED) is 0.795. The average Bonchev–Trinajstić information content (AvgIpc) is 3.29. The van der Waals surface area contributed by atoms with E-state index in [1.165, 1.54) is 6.42 Å². The molecule has 1 amide bonds. The fraction of sp³-hybridized carbons (Fsp3) is 0.933. The highest BCUT2D eigenvalue weighted by Crippen LogP contribution is 2.64. The molecule has 0 aromatic heterocycles. The summed E-state index contributed by atoms with van der Waals surface area (Å²) in [5.74, 6) is 1.49. The number of amides is 1. The van der Waals surface area contributed by atoms with Crippen molar-refractivity contribution in [1.29, 1.82) is 0 Å². The second-order valence-corrected chi connectivity index (χ2v) is 7.58. The maximum Gasteiger partial charge on any atom is 0.410 e. The van der Waals surface area contributed by atoms with Gasteiger partial charge in [0.1, 0.15) is 13.4 Å². The van der Waals surface area contributed by atoms with Crippen molar-refractivity contribution in [1.82, 2.24) is 4.90 Å². The number of hydrogen-bond acceptors (Lipinski definition) is 3. The number of rotatable bonds is 4. The van der Waals surface area contributed by atoms with Gasteiger partial charge in [-0.05, 0) is 50.9 Å². The van der Waals surface area contributed by atoms with Crippen molar-refractivity contribution in [2.45, 2.75) is 56.4 Å². The van der Waals surface area contributed by atoms with Gasteiger partial charge in [0.15, 0.2) is 0 Å². The summed E-state index contributed by atoms with van der Waals surface area (Å²) in [6.07, 6.45) is 6.28. The van der Waals surface area contributed by atoms with Gasteiger partial charge in [-0.1, -0.05) is 11.7 Å². The first-order chi connectivity index (χ1) is 9.46. The second kappa shape index (κ2) is 4.94. The van der Waals surface area contributed by atoms with E-state index >= 15 is 0 Å². The highest BCUT2D eigenvalue weighted by Gasteiger charge is 2.53. The molecule has 5 heteroatoms. The molecule has 1 saturated heterocycles. The Morgan fingerprint density at radius 2 is 2.05 bits per heavy atom. The summed E-state index contributed by atoms with van der Waals surface area (Å²) in [7, 11) is 2.29. The maximum atomic E-state index is 12.0. The first-order valence-electron chi connectivity index (χ1n) is 8.05. The molecule has 112 valence electrons. The molecular weight excluding hydrogens is 253 g/mol. The number of piperidine rings is 1. The summed E-state index contributed by atoms with van der Waals surface area (Å²) in [6.45, 7) is 4.00. The Labute approximate surface area is 122 Å². The van der Waals surface area contributed by atoms with Crippen molar-refractivity contribution in [2.75, 3.05) is 19.7 Å². The van der Waals surface area contributed by atoms with Crippen LogP contribution in [-0.4, -0.2) is 49.2 Å². The van der Waals surface area contributed by atoms with Crippen LogP contribution in [0.5, 0.6) is 0 Å². The molecule has 0 bridgehead atoms. The Balaban J connectivity index is 1.44. The smallest absolute Gasteiger partial charge is 0.410 e. The van der Waals surface area contributed by atoms with Gasteiger partial charge in [0.25, 0.3) is 0 Å². The fourth-order valence-electron chi connectivity index (χ4n) is 3.76. The lowest BCUT2D eigenvalue weighted by Gasteiger charge is -2.33. The minimum Gasteiger partial charge on any atom is -0.443 e.